The molecule has 20 heavy (non-hydrogen) atoms. The van der Waals surface area contributed by atoms with Crippen molar-refractivity contribution in [2.45, 2.75) is 44.7 Å². The molecule has 0 amide bonds. The minimum absolute atomic E-state index is 0.169. The summed E-state index contributed by atoms with van der Waals surface area (Å²) in [4.78, 5) is 16.8. The van der Waals surface area contributed by atoms with Crippen LogP contribution in [0.1, 0.15) is 33.1 Å². The number of carbonyl (C=O) groups is 1. The van der Waals surface area contributed by atoms with Crippen LogP contribution >= 0.6 is 0 Å². The number of likely N-dealkylation sites (N-methyl/N-ethyl adjacent to an activating group) is 1. The maximum absolute atomic E-state index is 12.1. The van der Waals surface area contributed by atoms with Crippen molar-refractivity contribution in [3.63, 3.8) is 0 Å². The van der Waals surface area contributed by atoms with Gasteiger partial charge in [0.15, 0.2) is 0 Å². The molecule has 1 heterocycles. The molecular formula is C15H31N3O2. The summed E-state index contributed by atoms with van der Waals surface area (Å²) >= 11 is 0. The van der Waals surface area contributed by atoms with E-state index in [1.807, 2.05) is 6.92 Å². The largest absolute Gasteiger partial charge is 0.468 e. The topological polar surface area (TPSA) is 44.8 Å². The second kappa shape index (κ2) is 7.96. The smallest absolute Gasteiger partial charge is 0.327 e. The lowest BCUT2D eigenvalue weighted by Crippen LogP contribution is -2.59. The van der Waals surface area contributed by atoms with Crippen molar-refractivity contribution in [2.75, 3.05) is 47.4 Å². The molecule has 0 aromatic heterocycles. The molecule has 1 fully saturated rings. The Labute approximate surface area is 123 Å². The Morgan fingerprint density at radius 1 is 1.50 bits per heavy atom. The first-order chi connectivity index (χ1) is 9.42. The molecule has 0 aromatic rings. The molecule has 1 saturated heterocycles. The molecule has 0 aliphatic carbocycles. The second-order valence-electron chi connectivity index (χ2n) is 6.25. The Balaban J connectivity index is 2.66. The maximum atomic E-state index is 12.1. The molecule has 0 bridgehead atoms. The van der Waals surface area contributed by atoms with Crippen molar-refractivity contribution >= 4 is 5.97 Å². The Hall–Kier alpha value is -0.650. The highest BCUT2D eigenvalue weighted by Gasteiger charge is 2.37. The van der Waals surface area contributed by atoms with Crippen molar-refractivity contribution in [1.29, 1.82) is 0 Å². The van der Waals surface area contributed by atoms with Gasteiger partial charge in [-0.25, -0.2) is 0 Å². The highest BCUT2D eigenvalue weighted by molar-refractivity contribution is 5.80. The third-order valence-electron chi connectivity index (χ3n) is 4.15. The van der Waals surface area contributed by atoms with Gasteiger partial charge in [0.05, 0.1) is 7.11 Å². The molecular weight excluding hydrogens is 254 g/mol. The summed E-state index contributed by atoms with van der Waals surface area (Å²) in [7, 11) is 5.72. The highest BCUT2D eigenvalue weighted by Crippen LogP contribution is 2.17. The van der Waals surface area contributed by atoms with E-state index >= 15 is 0 Å². The van der Waals surface area contributed by atoms with Crippen LogP contribution in [0.25, 0.3) is 0 Å². The van der Waals surface area contributed by atoms with Gasteiger partial charge >= 0.3 is 5.97 Å². The van der Waals surface area contributed by atoms with Gasteiger partial charge in [-0.1, -0.05) is 6.92 Å². The molecule has 0 saturated carbocycles. The zero-order valence-corrected chi connectivity index (χ0v) is 13.7. The van der Waals surface area contributed by atoms with Crippen LogP contribution < -0.4 is 5.32 Å². The predicted octanol–water partition coefficient (Wildman–Crippen LogP) is 0.944. The van der Waals surface area contributed by atoms with Crippen LogP contribution in [0, 0.1) is 0 Å². The zero-order valence-electron chi connectivity index (χ0n) is 13.7. The molecule has 1 rings (SSSR count). The number of ether oxygens (including phenoxy) is 1. The normalized spacial score (nSPS) is 23.6. The van der Waals surface area contributed by atoms with Crippen LogP contribution in [0.4, 0.5) is 0 Å². The lowest BCUT2D eigenvalue weighted by atomic mass is 9.98. The fourth-order valence-electron chi connectivity index (χ4n) is 2.86. The Bertz CT molecular complexity index is 309. The second-order valence-corrected chi connectivity index (χ2v) is 6.25. The Morgan fingerprint density at radius 3 is 2.75 bits per heavy atom. The van der Waals surface area contributed by atoms with Crippen molar-refractivity contribution in [3.8, 4) is 0 Å². The van der Waals surface area contributed by atoms with Crippen LogP contribution in [0.5, 0.6) is 0 Å². The van der Waals surface area contributed by atoms with Gasteiger partial charge in [0.1, 0.15) is 5.54 Å². The molecule has 1 aliphatic heterocycles. The van der Waals surface area contributed by atoms with E-state index in [9.17, 15) is 4.79 Å². The number of hydrogen-bond donors (Lipinski definition) is 1. The van der Waals surface area contributed by atoms with E-state index < -0.39 is 5.54 Å². The first-order valence-electron chi connectivity index (χ1n) is 7.65. The average molecular weight is 285 g/mol. The van der Waals surface area contributed by atoms with Gasteiger partial charge in [-0.3, -0.25) is 9.69 Å². The summed E-state index contributed by atoms with van der Waals surface area (Å²) in [6.07, 6.45) is 3.43. The van der Waals surface area contributed by atoms with E-state index in [0.29, 0.717) is 12.6 Å². The molecule has 0 spiro atoms. The van der Waals surface area contributed by atoms with E-state index in [0.717, 1.165) is 26.1 Å². The summed E-state index contributed by atoms with van der Waals surface area (Å²) in [5.41, 5.74) is -0.612. The maximum Gasteiger partial charge on any atom is 0.327 e. The van der Waals surface area contributed by atoms with Crippen LogP contribution in [0.2, 0.25) is 0 Å². The van der Waals surface area contributed by atoms with Crippen LogP contribution in [0.15, 0.2) is 0 Å². The standard InChI is InChI=1S/C15H31N3O2/c1-6-9-16-15(2,14(19)20-5)12-18-10-7-8-13(11-18)17(3)4/h13,16H,6-12H2,1-5H3. The first kappa shape index (κ1) is 17.4. The molecule has 0 radical (unpaired) electrons. The summed E-state index contributed by atoms with van der Waals surface area (Å²) in [5.74, 6) is -0.169. The fourth-order valence-corrected chi connectivity index (χ4v) is 2.86. The van der Waals surface area contributed by atoms with Crippen LogP contribution in [-0.4, -0.2) is 74.7 Å². The third kappa shape index (κ3) is 4.72. The van der Waals surface area contributed by atoms with Crippen LogP contribution in [-0.2, 0) is 9.53 Å². The minimum Gasteiger partial charge on any atom is -0.468 e. The van der Waals surface area contributed by atoms with E-state index in [1.54, 1.807) is 0 Å². The molecule has 5 heteroatoms. The Morgan fingerprint density at radius 2 is 2.20 bits per heavy atom. The number of methoxy groups -OCH3 is 1. The summed E-state index contributed by atoms with van der Waals surface area (Å²) < 4.78 is 4.99. The first-order valence-corrected chi connectivity index (χ1v) is 7.65. The van der Waals surface area contributed by atoms with Gasteiger partial charge in [-0.15, -0.1) is 0 Å². The number of hydrogen-bond acceptors (Lipinski definition) is 5. The van der Waals surface area contributed by atoms with Gasteiger partial charge in [0, 0.05) is 19.1 Å². The summed E-state index contributed by atoms with van der Waals surface area (Å²) in [6, 6.07) is 0.580. The molecule has 1 N–H and O–H groups in total. The van der Waals surface area contributed by atoms with Gasteiger partial charge in [0.2, 0.25) is 0 Å². The SMILES string of the molecule is CCCNC(C)(CN1CCCC(N(C)C)C1)C(=O)OC. The molecule has 0 aromatic carbocycles. The number of likely N-dealkylation sites (tertiary alicyclic amines) is 1. The Kier molecular flexibility index (Phi) is 6.92. The quantitative estimate of drug-likeness (QED) is 0.706. The molecule has 118 valence electrons. The van der Waals surface area contributed by atoms with E-state index in [2.05, 4.69) is 36.1 Å². The number of nitrogens with one attached hydrogen (secondary N) is 1. The summed E-state index contributed by atoms with van der Waals surface area (Å²) in [5, 5.41) is 3.36. The molecule has 5 nitrogen and oxygen atoms in total. The lowest BCUT2D eigenvalue weighted by molar-refractivity contribution is -0.149. The fraction of sp³-hybridized carbons (Fsp3) is 0.933. The highest BCUT2D eigenvalue weighted by atomic mass is 16.5. The number of esters is 1. The van der Waals surface area contributed by atoms with E-state index in [1.165, 1.54) is 20.0 Å². The van der Waals surface area contributed by atoms with Gasteiger partial charge in [0.25, 0.3) is 0 Å². The van der Waals surface area contributed by atoms with Crippen molar-refractivity contribution in [3.05, 3.63) is 0 Å². The molecule has 1 aliphatic rings. The lowest BCUT2D eigenvalue weighted by Gasteiger charge is -2.40. The van der Waals surface area contributed by atoms with E-state index in [-0.39, 0.29) is 5.97 Å². The van der Waals surface area contributed by atoms with Crippen LogP contribution in [0.3, 0.4) is 0 Å². The molecule has 2 atom stereocenters. The van der Waals surface area contributed by atoms with Crippen molar-refractivity contribution < 1.29 is 9.53 Å². The minimum atomic E-state index is -0.612. The zero-order chi connectivity index (χ0) is 15.2. The predicted molar refractivity (Wildman–Crippen MR) is 81.9 cm³/mol. The number of piperidine rings is 1. The summed E-state index contributed by atoms with van der Waals surface area (Å²) in [6.45, 7) is 7.68. The number of carbonyl (C=O) groups excluding carboxylic acids is 1. The van der Waals surface area contributed by atoms with Gasteiger partial charge < -0.3 is 15.0 Å². The number of rotatable bonds is 7. The van der Waals surface area contributed by atoms with E-state index in [4.69, 9.17) is 4.74 Å². The van der Waals surface area contributed by atoms with Gasteiger partial charge in [-0.2, -0.15) is 0 Å². The average Bonchev–Trinajstić information content (AvgIpc) is 2.44. The number of nitrogens with zero attached hydrogens (tertiary/aromatic N) is 2. The van der Waals surface area contributed by atoms with Crippen molar-refractivity contribution in [2.24, 2.45) is 0 Å². The molecule has 2 unspecified atom stereocenters. The van der Waals surface area contributed by atoms with Gasteiger partial charge in [-0.05, 0) is 53.4 Å². The van der Waals surface area contributed by atoms with Crippen molar-refractivity contribution in [1.82, 2.24) is 15.1 Å². The monoisotopic (exact) mass is 285 g/mol. The third-order valence-corrected chi connectivity index (χ3v) is 4.15.